The zero-order valence-electron chi connectivity index (χ0n) is 14.3. The van der Waals surface area contributed by atoms with Crippen molar-refractivity contribution in [2.24, 2.45) is 7.05 Å². The van der Waals surface area contributed by atoms with Gasteiger partial charge in [-0.05, 0) is 26.1 Å². The lowest BCUT2D eigenvalue weighted by atomic mass is 10.2. The summed E-state index contributed by atoms with van der Waals surface area (Å²) in [4.78, 5) is 19.4. The Morgan fingerprint density at radius 1 is 1.25 bits per heavy atom. The normalized spacial score (nSPS) is 11.3. The minimum absolute atomic E-state index is 0.0577. The minimum atomic E-state index is 0.0577. The standard InChI is InChI=1S/C18H22N4OS/c1-14-16(13-20(2)11-9-17-19-10-12-24-17)18(23)22(21(14)3)15-7-5-4-6-8-15/h4-8,10,12H,9,11,13H2,1-3H3. The highest BCUT2D eigenvalue weighted by molar-refractivity contribution is 7.09. The molecule has 3 rings (SSSR count). The van der Waals surface area contributed by atoms with Crippen molar-refractivity contribution in [3.05, 3.63) is 68.5 Å². The summed E-state index contributed by atoms with van der Waals surface area (Å²) in [7, 11) is 3.98. The predicted octanol–water partition coefficient (Wildman–Crippen LogP) is 2.62. The highest BCUT2D eigenvalue weighted by atomic mass is 32.1. The summed E-state index contributed by atoms with van der Waals surface area (Å²) in [5.74, 6) is 0. The zero-order valence-corrected chi connectivity index (χ0v) is 15.1. The third kappa shape index (κ3) is 3.34. The number of hydrogen-bond acceptors (Lipinski definition) is 4. The van der Waals surface area contributed by atoms with E-state index in [9.17, 15) is 4.79 Å². The Bertz CT molecular complexity index is 849. The summed E-state index contributed by atoms with van der Waals surface area (Å²) in [6.45, 7) is 3.53. The summed E-state index contributed by atoms with van der Waals surface area (Å²) >= 11 is 1.67. The van der Waals surface area contributed by atoms with Gasteiger partial charge in [-0.25, -0.2) is 9.67 Å². The van der Waals surface area contributed by atoms with Gasteiger partial charge in [0.2, 0.25) is 0 Å². The number of para-hydroxylation sites is 1. The van der Waals surface area contributed by atoms with Gasteiger partial charge in [0, 0.05) is 43.8 Å². The summed E-state index contributed by atoms with van der Waals surface area (Å²) in [6, 6.07) is 9.76. The topological polar surface area (TPSA) is 43.1 Å². The van der Waals surface area contributed by atoms with E-state index in [1.165, 1.54) is 0 Å². The van der Waals surface area contributed by atoms with Gasteiger partial charge in [-0.3, -0.25) is 9.48 Å². The fraction of sp³-hybridized carbons (Fsp3) is 0.333. The average molecular weight is 342 g/mol. The second-order valence-electron chi connectivity index (χ2n) is 5.95. The van der Waals surface area contributed by atoms with Gasteiger partial charge in [0.15, 0.2) is 0 Å². The Morgan fingerprint density at radius 3 is 2.67 bits per heavy atom. The van der Waals surface area contributed by atoms with E-state index in [0.29, 0.717) is 6.54 Å². The second-order valence-corrected chi connectivity index (χ2v) is 6.93. The molecule has 6 heteroatoms. The van der Waals surface area contributed by atoms with Crippen molar-refractivity contribution >= 4 is 11.3 Å². The first-order valence-corrected chi connectivity index (χ1v) is 8.85. The Kier molecular flexibility index (Phi) is 4.97. The van der Waals surface area contributed by atoms with Crippen molar-refractivity contribution in [1.29, 1.82) is 0 Å². The first-order valence-electron chi connectivity index (χ1n) is 7.97. The number of nitrogens with zero attached hydrogens (tertiary/aromatic N) is 4. The van der Waals surface area contributed by atoms with Crippen LogP contribution in [0.3, 0.4) is 0 Å². The van der Waals surface area contributed by atoms with Crippen molar-refractivity contribution in [1.82, 2.24) is 19.2 Å². The van der Waals surface area contributed by atoms with Crippen molar-refractivity contribution in [3.8, 4) is 5.69 Å². The molecule has 0 unspecified atom stereocenters. The Labute approximate surface area is 145 Å². The number of aromatic nitrogens is 3. The fourth-order valence-electron chi connectivity index (χ4n) is 2.82. The third-order valence-corrected chi connectivity index (χ3v) is 5.13. The molecule has 24 heavy (non-hydrogen) atoms. The van der Waals surface area contributed by atoms with E-state index < -0.39 is 0 Å². The van der Waals surface area contributed by atoms with Crippen LogP contribution in [0.5, 0.6) is 0 Å². The van der Waals surface area contributed by atoms with Crippen molar-refractivity contribution < 1.29 is 0 Å². The lowest BCUT2D eigenvalue weighted by Gasteiger charge is -2.14. The summed E-state index contributed by atoms with van der Waals surface area (Å²) < 4.78 is 3.67. The van der Waals surface area contributed by atoms with Gasteiger partial charge in [-0.1, -0.05) is 18.2 Å². The minimum Gasteiger partial charge on any atom is -0.301 e. The molecule has 0 spiro atoms. The van der Waals surface area contributed by atoms with Crippen LogP contribution in [-0.2, 0) is 20.0 Å². The Morgan fingerprint density at radius 2 is 2.00 bits per heavy atom. The molecule has 126 valence electrons. The molecular weight excluding hydrogens is 320 g/mol. The van der Waals surface area contributed by atoms with Gasteiger partial charge >= 0.3 is 0 Å². The Balaban J connectivity index is 1.80. The SMILES string of the molecule is Cc1c(CN(C)CCc2nccs2)c(=O)n(-c2ccccc2)n1C. The molecule has 0 aliphatic carbocycles. The largest absolute Gasteiger partial charge is 0.301 e. The Hall–Kier alpha value is -2.18. The fourth-order valence-corrected chi connectivity index (χ4v) is 3.43. The smallest absolute Gasteiger partial charge is 0.276 e. The number of rotatable bonds is 6. The highest BCUT2D eigenvalue weighted by Crippen LogP contribution is 2.12. The van der Waals surface area contributed by atoms with Crippen molar-refractivity contribution in [2.45, 2.75) is 19.9 Å². The van der Waals surface area contributed by atoms with E-state index in [1.54, 1.807) is 16.0 Å². The molecule has 0 N–H and O–H groups in total. The molecule has 0 aliphatic rings. The van der Waals surface area contributed by atoms with Gasteiger partial charge in [0.25, 0.3) is 5.56 Å². The molecule has 0 radical (unpaired) electrons. The molecule has 2 heterocycles. The molecule has 0 atom stereocenters. The lowest BCUT2D eigenvalue weighted by molar-refractivity contribution is 0.329. The number of likely N-dealkylation sites (N-methyl/N-ethyl adjacent to an activating group) is 1. The van der Waals surface area contributed by atoms with Gasteiger partial charge in [0.1, 0.15) is 0 Å². The van der Waals surface area contributed by atoms with Crippen LogP contribution in [0.15, 0.2) is 46.7 Å². The maximum Gasteiger partial charge on any atom is 0.276 e. The molecule has 0 aliphatic heterocycles. The van der Waals surface area contributed by atoms with Crippen LogP contribution < -0.4 is 5.56 Å². The highest BCUT2D eigenvalue weighted by Gasteiger charge is 2.17. The number of thiazole rings is 1. The van der Waals surface area contributed by atoms with Gasteiger partial charge in [-0.15, -0.1) is 11.3 Å². The maximum absolute atomic E-state index is 12.9. The van der Waals surface area contributed by atoms with Crippen molar-refractivity contribution in [3.63, 3.8) is 0 Å². The summed E-state index contributed by atoms with van der Waals surface area (Å²) in [6.07, 6.45) is 2.74. The van der Waals surface area contributed by atoms with Crippen LogP contribution in [0, 0.1) is 6.92 Å². The molecule has 0 fully saturated rings. The first kappa shape index (κ1) is 16.7. The molecule has 2 aromatic heterocycles. The van der Waals surface area contributed by atoms with E-state index in [2.05, 4.69) is 9.88 Å². The van der Waals surface area contributed by atoms with Gasteiger partial charge in [0.05, 0.1) is 16.3 Å². The number of hydrogen-bond donors (Lipinski definition) is 0. The lowest BCUT2D eigenvalue weighted by Crippen LogP contribution is -2.26. The summed E-state index contributed by atoms with van der Waals surface area (Å²) in [5, 5.41) is 3.13. The number of benzene rings is 1. The molecule has 3 aromatic rings. The molecule has 1 aromatic carbocycles. The van der Waals surface area contributed by atoms with E-state index in [4.69, 9.17) is 0 Å². The van der Waals surface area contributed by atoms with E-state index in [-0.39, 0.29) is 5.56 Å². The van der Waals surface area contributed by atoms with Crippen LogP contribution >= 0.6 is 11.3 Å². The first-order chi connectivity index (χ1) is 11.6. The monoisotopic (exact) mass is 342 g/mol. The quantitative estimate of drug-likeness (QED) is 0.692. The molecule has 0 saturated heterocycles. The molecule has 0 bridgehead atoms. The summed E-state index contributed by atoms with van der Waals surface area (Å²) in [5.41, 5.74) is 2.81. The van der Waals surface area contributed by atoms with E-state index in [1.807, 2.05) is 67.6 Å². The van der Waals surface area contributed by atoms with Crippen molar-refractivity contribution in [2.75, 3.05) is 13.6 Å². The second kappa shape index (κ2) is 7.15. The van der Waals surface area contributed by atoms with Crippen LogP contribution in [-0.4, -0.2) is 32.8 Å². The molecule has 5 nitrogen and oxygen atoms in total. The van der Waals surface area contributed by atoms with Crippen LogP contribution in [0.2, 0.25) is 0 Å². The van der Waals surface area contributed by atoms with Gasteiger partial charge in [-0.2, -0.15) is 0 Å². The average Bonchev–Trinajstić information content (AvgIpc) is 3.17. The molecule has 0 saturated carbocycles. The third-order valence-electron chi connectivity index (χ3n) is 4.29. The maximum atomic E-state index is 12.9. The molecule has 0 amide bonds. The van der Waals surface area contributed by atoms with Crippen LogP contribution in [0.1, 0.15) is 16.3 Å². The van der Waals surface area contributed by atoms with E-state index in [0.717, 1.165) is 34.9 Å². The van der Waals surface area contributed by atoms with E-state index >= 15 is 0 Å². The zero-order chi connectivity index (χ0) is 17.1. The van der Waals surface area contributed by atoms with Gasteiger partial charge < -0.3 is 4.90 Å². The van der Waals surface area contributed by atoms with Crippen LogP contribution in [0.25, 0.3) is 5.69 Å². The molecular formula is C18H22N4OS. The predicted molar refractivity (Wildman–Crippen MR) is 97.9 cm³/mol. The van der Waals surface area contributed by atoms with Crippen LogP contribution in [0.4, 0.5) is 0 Å².